The van der Waals surface area contributed by atoms with E-state index in [1.165, 1.54) is 6.08 Å². The van der Waals surface area contributed by atoms with Gasteiger partial charge >= 0.3 is 5.97 Å². The summed E-state index contributed by atoms with van der Waals surface area (Å²) in [5, 5.41) is 0. The average molecular weight is 256 g/mol. The van der Waals surface area contributed by atoms with Gasteiger partial charge in [0.2, 0.25) is 0 Å². The Balaban J connectivity index is 2.16. The van der Waals surface area contributed by atoms with Crippen molar-refractivity contribution in [3.05, 3.63) is 54.3 Å². The van der Waals surface area contributed by atoms with Crippen LogP contribution < -0.4 is 0 Å². The first-order valence-electron chi connectivity index (χ1n) is 6.20. The second-order valence-corrected chi connectivity index (χ2v) is 4.13. The maximum Gasteiger partial charge on any atom is 0.331 e. The van der Waals surface area contributed by atoms with E-state index in [1.54, 1.807) is 13.2 Å². The van der Waals surface area contributed by atoms with Crippen LogP contribution >= 0.6 is 0 Å². The molecule has 0 atom stereocenters. The van der Waals surface area contributed by atoms with Crippen molar-refractivity contribution in [2.45, 2.75) is 13.8 Å². The standard InChI is InChI=1S/C16H16O3/c1-3-18-16(17)11-12(2)13-6-8-14(9-7-13)15-5-4-10-19-15/h4-11H,3H2,1-2H3. The molecule has 0 aliphatic heterocycles. The summed E-state index contributed by atoms with van der Waals surface area (Å²) < 4.78 is 10.2. The van der Waals surface area contributed by atoms with Gasteiger partial charge in [0.1, 0.15) is 5.76 Å². The molecule has 0 amide bonds. The van der Waals surface area contributed by atoms with Crippen LogP contribution in [0, 0.1) is 0 Å². The fourth-order valence-electron chi connectivity index (χ4n) is 1.78. The van der Waals surface area contributed by atoms with Crippen LogP contribution in [0.25, 0.3) is 16.9 Å². The Kier molecular flexibility index (Phi) is 4.18. The zero-order chi connectivity index (χ0) is 13.7. The molecule has 0 spiro atoms. The lowest BCUT2D eigenvalue weighted by atomic mass is 10.0. The summed E-state index contributed by atoms with van der Waals surface area (Å²) in [5.41, 5.74) is 2.88. The molecule has 19 heavy (non-hydrogen) atoms. The van der Waals surface area contributed by atoms with E-state index in [2.05, 4.69) is 0 Å². The van der Waals surface area contributed by atoms with E-state index in [-0.39, 0.29) is 5.97 Å². The smallest absolute Gasteiger partial charge is 0.331 e. The summed E-state index contributed by atoms with van der Waals surface area (Å²) in [6.07, 6.45) is 3.15. The zero-order valence-electron chi connectivity index (χ0n) is 11.1. The molecule has 1 aromatic carbocycles. The van der Waals surface area contributed by atoms with Crippen molar-refractivity contribution in [2.75, 3.05) is 6.61 Å². The lowest BCUT2D eigenvalue weighted by molar-refractivity contribution is -0.137. The van der Waals surface area contributed by atoms with Gasteiger partial charge in [-0.25, -0.2) is 4.79 Å². The highest BCUT2D eigenvalue weighted by Gasteiger charge is 2.03. The Morgan fingerprint density at radius 2 is 2.00 bits per heavy atom. The summed E-state index contributed by atoms with van der Waals surface area (Å²) in [7, 11) is 0. The molecule has 2 rings (SSSR count). The minimum atomic E-state index is -0.310. The van der Waals surface area contributed by atoms with Gasteiger partial charge in [0.15, 0.2) is 0 Å². The number of carbonyl (C=O) groups is 1. The Morgan fingerprint density at radius 1 is 1.26 bits per heavy atom. The summed E-state index contributed by atoms with van der Waals surface area (Å²) in [6.45, 7) is 4.07. The van der Waals surface area contributed by atoms with Gasteiger partial charge in [0.05, 0.1) is 12.9 Å². The van der Waals surface area contributed by atoms with Crippen molar-refractivity contribution in [2.24, 2.45) is 0 Å². The fraction of sp³-hybridized carbons (Fsp3) is 0.188. The topological polar surface area (TPSA) is 39.4 Å². The van der Waals surface area contributed by atoms with Gasteiger partial charge in [-0.05, 0) is 37.1 Å². The molecule has 0 radical (unpaired) electrons. The number of benzene rings is 1. The fourth-order valence-corrected chi connectivity index (χ4v) is 1.78. The second kappa shape index (κ2) is 6.05. The van der Waals surface area contributed by atoms with E-state index in [0.717, 1.165) is 22.5 Å². The van der Waals surface area contributed by atoms with Gasteiger partial charge in [-0.15, -0.1) is 0 Å². The zero-order valence-corrected chi connectivity index (χ0v) is 11.1. The van der Waals surface area contributed by atoms with Gasteiger partial charge < -0.3 is 9.15 Å². The van der Waals surface area contributed by atoms with E-state index in [4.69, 9.17) is 9.15 Å². The molecule has 0 saturated carbocycles. The number of hydrogen-bond acceptors (Lipinski definition) is 3. The van der Waals surface area contributed by atoms with Crippen LogP contribution in [0.15, 0.2) is 53.2 Å². The van der Waals surface area contributed by atoms with Crippen LogP contribution in [0.2, 0.25) is 0 Å². The molecule has 0 bridgehead atoms. The largest absolute Gasteiger partial charge is 0.464 e. The van der Waals surface area contributed by atoms with Crippen molar-refractivity contribution < 1.29 is 13.9 Å². The highest BCUT2D eigenvalue weighted by Crippen LogP contribution is 2.22. The van der Waals surface area contributed by atoms with Gasteiger partial charge in [0, 0.05) is 11.6 Å². The first kappa shape index (κ1) is 13.1. The van der Waals surface area contributed by atoms with Gasteiger partial charge in [-0.2, -0.15) is 0 Å². The van der Waals surface area contributed by atoms with E-state index in [1.807, 2.05) is 43.3 Å². The van der Waals surface area contributed by atoms with Gasteiger partial charge in [0.25, 0.3) is 0 Å². The average Bonchev–Trinajstić information content (AvgIpc) is 2.93. The molecule has 1 aromatic heterocycles. The summed E-state index contributed by atoms with van der Waals surface area (Å²) in [6, 6.07) is 11.6. The normalized spacial score (nSPS) is 11.4. The third-order valence-electron chi connectivity index (χ3n) is 2.77. The van der Waals surface area contributed by atoms with Crippen LogP contribution in [0.1, 0.15) is 19.4 Å². The maximum atomic E-state index is 11.4. The van der Waals surface area contributed by atoms with Crippen molar-refractivity contribution in [3.8, 4) is 11.3 Å². The highest BCUT2D eigenvalue weighted by atomic mass is 16.5. The van der Waals surface area contributed by atoms with Crippen LogP contribution in [-0.2, 0) is 9.53 Å². The first-order valence-corrected chi connectivity index (χ1v) is 6.20. The van der Waals surface area contributed by atoms with Crippen molar-refractivity contribution in [1.29, 1.82) is 0 Å². The van der Waals surface area contributed by atoms with Crippen LogP contribution in [0.5, 0.6) is 0 Å². The predicted molar refractivity (Wildman–Crippen MR) is 74.4 cm³/mol. The van der Waals surface area contributed by atoms with Crippen LogP contribution in [0.3, 0.4) is 0 Å². The maximum absolute atomic E-state index is 11.4. The molecule has 2 aromatic rings. The summed E-state index contributed by atoms with van der Waals surface area (Å²) >= 11 is 0. The minimum absolute atomic E-state index is 0.310. The molecule has 0 unspecified atom stereocenters. The molecule has 3 nitrogen and oxygen atoms in total. The van der Waals surface area contributed by atoms with Crippen LogP contribution in [0.4, 0.5) is 0 Å². The Morgan fingerprint density at radius 3 is 2.58 bits per heavy atom. The summed E-state index contributed by atoms with van der Waals surface area (Å²) in [5.74, 6) is 0.522. The molecule has 0 aliphatic carbocycles. The number of carbonyl (C=O) groups excluding carboxylic acids is 1. The van der Waals surface area contributed by atoms with E-state index in [0.29, 0.717) is 6.61 Å². The Hall–Kier alpha value is -2.29. The molecule has 0 saturated heterocycles. The lowest BCUT2D eigenvalue weighted by Crippen LogP contribution is -2.00. The predicted octanol–water partition coefficient (Wildman–Crippen LogP) is 3.91. The number of hydrogen-bond donors (Lipinski definition) is 0. The van der Waals surface area contributed by atoms with Gasteiger partial charge in [-0.3, -0.25) is 0 Å². The molecule has 0 fully saturated rings. The van der Waals surface area contributed by atoms with Crippen molar-refractivity contribution in [3.63, 3.8) is 0 Å². The molecular formula is C16H16O3. The van der Waals surface area contributed by atoms with Crippen LogP contribution in [-0.4, -0.2) is 12.6 Å². The molecule has 3 heteroatoms. The molecule has 0 N–H and O–H groups in total. The number of allylic oxidation sites excluding steroid dienone is 1. The number of furan rings is 1. The lowest BCUT2D eigenvalue weighted by Gasteiger charge is -2.03. The SMILES string of the molecule is CCOC(=O)C=C(C)c1ccc(-c2ccco2)cc1. The van der Waals surface area contributed by atoms with E-state index >= 15 is 0 Å². The second-order valence-electron chi connectivity index (χ2n) is 4.13. The quantitative estimate of drug-likeness (QED) is 0.615. The number of rotatable bonds is 4. The number of esters is 1. The van der Waals surface area contributed by atoms with Crippen molar-refractivity contribution >= 4 is 11.5 Å². The van der Waals surface area contributed by atoms with Gasteiger partial charge in [-0.1, -0.05) is 24.3 Å². The Bertz CT molecular complexity index is 563. The first-order chi connectivity index (χ1) is 9.20. The Labute approximate surface area is 112 Å². The third-order valence-corrected chi connectivity index (χ3v) is 2.77. The molecule has 0 aliphatic rings. The number of ether oxygens (including phenoxy) is 1. The van der Waals surface area contributed by atoms with Crippen molar-refractivity contribution in [1.82, 2.24) is 0 Å². The molecule has 98 valence electrons. The summed E-state index contributed by atoms with van der Waals surface area (Å²) in [4.78, 5) is 11.4. The highest BCUT2D eigenvalue weighted by molar-refractivity contribution is 5.91. The molecule has 1 heterocycles. The monoisotopic (exact) mass is 256 g/mol. The van der Waals surface area contributed by atoms with E-state index in [9.17, 15) is 4.79 Å². The minimum Gasteiger partial charge on any atom is -0.464 e. The van der Waals surface area contributed by atoms with E-state index < -0.39 is 0 Å². The third kappa shape index (κ3) is 3.35. The molecular weight excluding hydrogens is 240 g/mol.